The first-order valence-electron chi connectivity index (χ1n) is 6.20. The van der Waals surface area contributed by atoms with Gasteiger partial charge in [0.15, 0.2) is 0 Å². The van der Waals surface area contributed by atoms with Crippen LogP contribution in [0.2, 0.25) is 0 Å². The van der Waals surface area contributed by atoms with Crippen molar-refractivity contribution in [1.29, 1.82) is 0 Å². The smallest absolute Gasteiger partial charge is 0.214 e. The van der Waals surface area contributed by atoms with Crippen LogP contribution in [0.15, 0.2) is 24.3 Å². The average molecular weight is 271 g/mol. The van der Waals surface area contributed by atoms with Crippen LogP contribution < -0.4 is 0 Å². The van der Waals surface area contributed by atoms with E-state index in [-0.39, 0.29) is 17.5 Å². The van der Waals surface area contributed by atoms with E-state index in [9.17, 15) is 13.5 Å². The largest absolute Gasteiger partial charge is 0.508 e. The van der Waals surface area contributed by atoms with Gasteiger partial charge in [0, 0.05) is 12.6 Å². The molecule has 0 aliphatic heterocycles. The van der Waals surface area contributed by atoms with Crippen LogP contribution in [0.4, 0.5) is 0 Å². The number of phenols is 1. The second kappa shape index (κ2) is 6.20. The molecule has 0 heterocycles. The van der Waals surface area contributed by atoms with Crippen molar-refractivity contribution in [2.45, 2.75) is 33.2 Å². The minimum Gasteiger partial charge on any atom is -0.508 e. The summed E-state index contributed by atoms with van der Waals surface area (Å²) in [5, 5.41) is 9.45. The summed E-state index contributed by atoms with van der Waals surface area (Å²) >= 11 is 0. The predicted octanol–water partition coefficient (Wildman–Crippen LogP) is 2.51. The second-order valence-corrected chi connectivity index (χ2v) is 6.33. The van der Waals surface area contributed by atoms with Gasteiger partial charge in [0.1, 0.15) is 5.75 Å². The number of hydrogen-bond donors (Lipinski definition) is 1. The number of rotatable bonds is 6. The molecule has 1 unspecified atom stereocenters. The van der Waals surface area contributed by atoms with Crippen molar-refractivity contribution in [2.24, 2.45) is 0 Å². The third kappa shape index (κ3) is 3.46. The maximum Gasteiger partial charge on any atom is 0.214 e. The molecule has 0 aromatic heterocycles. The molecule has 1 N–H and O–H groups in total. The zero-order valence-corrected chi connectivity index (χ0v) is 11.9. The summed E-state index contributed by atoms with van der Waals surface area (Å²) in [6.45, 7) is 5.95. The summed E-state index contributed by atoms with van der Waals surface area (Å²) in [5.41, 5.74) is 0.802. The first-order chi connectivity index (χ1) is 8.42. The highest BCUT2D eigenvalue weighted by Crippen LogP contribution is 2.25. The van der Waals surface area contributed by atoms with Gasteiger partial charge in [-0.1, -0.05) is 26.0 Å². The Kier molecular flexibility index (Phi) is 5.16. The van der Waals surface area contributed by atoms with Crippen LogP contribution >= 0.6 is 0 Å². The molecule has 0 bridgehead atoms. The topological polar surface area (TPSA) is 57.6 Å². The van der Waals surface area contributed by atoms with Gasteiger partial charge in [-0.15, -0.1) is 0 Å². The van der Waals surface area contributed by atoms with Crippen molar-refractivity contribution in [1.82, 2.24) is 4.31 Å². The minimum atomic E-state index is -3.23. The van der Waals surface area contributed by atoms with E-state index in [0.717, 1.165) is 5.56 Å². The minimum absolute atomic E-state index is 0.156. The van der Waals surface area contributed by atoms with E-state index in [4.69, 9.17) is 0 Å². The molecule has 1 rings (SSSR count). The second-order valence-electron chi connectivity index (χ2n) is 4.29. The van der Waals surface area contributed by atoms with Gasteiger partial charge in [-0.05, 0) is 31.0 Å². The van der Waals surface area contributed by atoms with Crippen LogP contribution in [0.3, 0.4) is 0 Å². The van der Waals surface area contributed by atoms with Crippen molar-refractivity contribution >= 4 is 10.0 Å². The quantitative estimate of drug-likeness (QED) is 0.865. The molecule has 0 aliphatic carbocycles. The molecule has 4 nitrogen and oxygen atoms in total. The lowest BCUT2D eigenvalue weighted by atomic mass is 10.1. The van der Waals surface area contributed by atoms with Crippen LogP contribution in [-0.4, -0.2) is 30.1 Å². The van der Waals surface area contributed by atoms with Gasteiger partial charge in [-0.3, -0.25) is 0 Å². The van der Waals surface area contributed by atoms with Gasteiger partial charge in [-0.25, -0.2) is 8.42 Å². The SMILES string of the molecule is CCCS(=O)(=O)N(CC)C(C)c1cccc(O)c1. The standard InChI is InChI=1S/C13H21NO3S/c1-4-9-18(16,17)14(5-2)11(3)12-7-6-8-13(15)10-12/h6-8,10-11,15H,4-5,9H2,1-3H3. The summed E-state index contributed by atoms with van der Waals surface area (Å²) in [6, 6.07) is 6.47. The summed E-state index contributed by atoms with van der Waals surface area (Å²) in [7, 11) is -3.23. The molecule has 0 fully saturated rings. The number of hydrogen-bond acceptors (Lipinski definition) is 3. The highest BCUT2D eigenvalue weighted by Gasteiger charge is 2.25. The molecular formula is C13H21NO3S. The van der Waals surface area contributed by atoms with Crippen molar-refractivity contribution in [3.63, 3.8) is 0 Å². The molecule has 1 atom stereocenters. The number of phenolic OH excluding ortho intramolecular Hbond substituents is 1. The number of benzene rings is 1. The third-order valence-electron chi connectivity index (χ3n) is 2.92. The monoisotopic (exact) mass is 271 g/mol. The molecule has 0 radical (unpaired) electrons. The average Bonchev–Trinajstić information content (AvgIpc) is 2.29. The van der Waals surface area contributed by atoms with Crippen LogP contribution in [0.25, 0.3) is 0 Å². The predicted molar refractivity (Wildman–Crippen MR) is 73.0 cm³/mol. The van der Waals surface area contributed by atoms with E-state index in [1.165, 1.54) is 4.31 Å². The lowest BCUT2D eigenvalue weighted by molar-refractivity contribution is 0.355. The zero-order chi connectivity index (χ0) is 13.8. The maximum absolute atomic E-state index is 12.1. The van der Waals surface area contributed by atoms with Crippen LogP contribution in [0.5, 0.6) is 5.75 Å². The van der Waals surface area contributed by atoms with E-state index >= 15 is 0 Å². The van der Waals surface area contributed by atoms with E-state index in [1.54, 1.807) is 18.2 Å². The number of sulfonamides is 1. The van der Waals surface area contributed by atoms with Gasteiger partial charge in [0.25, 0.3) is 0 Å². The van der Waals surface area contributed by atoms with E-state index in [0.29, 0.717) is 13.0 Å². The molecule has 0 aliphatic rings. The van der Waals surface area contributed by atoms with Crippen LogP contribution in [0, 0.1) is 0 Å². The molecule has 1 aromatic rings. The van der Waals surface area contributed by atoms with Gasteiger partial charge in [-0.2, -0.15) is 4.31 Å². The Labute approximate surface area is 109 Å². The van der Waals surface area contributed by atoms with Crippen molar-refractivity contribution in [3.05, 3.63) is 29.8 Å². The fourth-order valence-electron chi connectivity index (χ4n) is 2.04. The molecule has 18 heavy (non-hydrogen) atoms. The van der Waals surface area contributed by atoms with Crippen LogP contribution in [0.1, 0.15) is 38.8 Å². The molecule has 0 saturated heterocycles. The Morgan fingerprint density at radius 1 is 1.33 bits per heavy atom. The summed E-state index contributed by atoms with van der Waals surface area (Å²) < 4.78 is 25.7. The van der Waals surface area contributed by atoms with Gasteiger partial charge in [0.2, 0.25) is 10.0 Å². The Morgan fingerprint density at radius 2 is 2.00 bits per heavy atom. The Hall–Kier alpha value is -1.07. The molecule has 5 heteroatoms. The first-order valence-corrected chi connectivity index (χ1v) is 7.81. The Morgan fingerprint density at radius 3 is 2.50 bits per heavy atom. The number of nitrogens with zero attached hydrogens (tertiary/aromatic N) is 1. The fourth-order valence-corrected chi connectivity index (χ4v) is 3.78. The van der Waals surface area contributed by atoms with Crippen LogP contribution in [-0.2, 0) is 10.0 Å². The van der Waals surface area contributed by atoms with E-state index < -0.39 is 10.0 Å². The van der Waals surface area contributed by atoms with E-state index in [2.05, 4.69) is 0 Å². The highest BCUT2D eigenvalue weighted by molar-refractivity contribution is 7.89. The van der Waals surface area contributed by atoms with Gasteiger partial charge < -0.3 is 5.11 Å². The van der Waals surface area contributed by atoms with Crippen molar-refractivity contribution < 1.29 is 13.5 Å². The molecule has 102 valence electrons. The van der Waals surface area contributed by atoms with Gasteiger partial charge in [0.05, 0.1) is 5.75 Å². The first kappa shape index (κ1) is 15.0. The lowest BCUT2D eigenvalue weighted by Crippen LogP contribution is -2.35. The number of aromatic hydroxyl groups is 1. The Balaban J connectivity index is 3.03. The molecule has 0 amide bonds. The Bertz CT molecular complexity index is 485. The summed E-state index contributed by atoms with van der Waals surface area (Å²) in [4.78, 5) is 0. The summed E-state index contributed by atoms with van der Waals surface area (Å²) in [5.74, 6) is 0.313. The summed E-state index contributed by atoms with van der Waals surface area (Å²) in [6.07, 6.45) is 0.603. The van der Waals surface area contributed by atoms with E-state index in [1.807, 2.05) is 26.8 Å². The molecule has 1 aromatic carbocycles. The normalized spacial score (nSPS) is 13.8. The fraction of sp³-hybridized carbons (Fsp3) is 0.538. The molecule has 0 spiro atoms. The van der Waals surface area contributed by atoms with Gasteiger partial charge >= 0.3 is 0 Å². The highest BCUT2D eigenvalue weighted by atomic mass is 32.2. The third-order valence-corrected chi connectivity index (χ3v) is 5.13. The molecule has 0 saturated carbocycles. The molecular weight excluding hydrogens is 250 g/mol. The zero-order valence-electron chi connectivity index (χ0n) is 11.1. The van der Waals surface area contributed by atoms with Crippen molar-refractivity contribution in [3.8, 4) is 5.75 Å². The maximum atomic E-state index is 12.1. The lowest BCUT2D eigenvalue weighted by Gasteiger charge is -2.27. The van der Waals surface area contributed by atoms with Crippen molar-refractivity contribution in [2.75, 3.05) is 12.3 Å².